The third-order valence-corrected chi connectivity index (χ3v) is 4.64. The summed E-state index contributed by atoms with van der Waals surface area (Å²) in [5, 5.41) is 10.7. The lowest BCUT2D eigenvalue weighted by Crippen LogP contribution is -2.43. The Kier molecular flexibility index (Phi) is 5.10. The summed E-state index contributed by atoms with van der Waals surface area (Å²) in [4.78, 5) is 28.0. The van der Waals surface area contributed by atoms with Gasteiger partial charge in [-0.2, -0.15) is 0 Å². The van der Waals surface area contributed by atoms with Gasteiger partial charge < -0.3 is 9.84 Å². The van der Waals surface area contributed by atoms with Crippen LogP contribution < -0.4 is 0 Å². The van der Waals surface area contributed by atoms with E-state index in [-0.39, 0.29) is 17.1 Å². The first-order valence-electron chi connectivity index (χ1n) is 7.54. The van der Waals surface area contributed by atoms with Crippen LogP contribution in [0.4, 0.5) is 0 Å². The molecule has 2 heterocycles. The molecule has 0 atom stereocenters. The fraction of sp³-hybridized carbons (Fsp3) is 0.375. The number of hydrogen-bond donors (Lipinski definition) is 1. The molecule has 128 valence electrons. The van der Waals surface area contributed by atoms with Gasteiger partial charge in [0.2, 0.25) is 0 Å². The number of carbonyl (C=O) groups is 2. The molecule has 2 aliphatic rings. The van der Waals surface area contributed by atoms with Gasteiger partial charge in [0.25, 0.3) is 11.8 Å². The molecule has 0 radical (unpaired) electrons. The Balaban J connectivity index is 1.77. The Morgan fingerprint density at radius 1 is 1.08 bits per heavy atom. The molecule has 2 aliphatic heterocycles. The van der Waals surface area contributed by atoms with Crippen molar-refractivity contribution in [2.45, 2.75) is 0 Å². The molecule has 6 nitrogen and oxygen atoms in total. The van der Waals surface area contributed by atoms with E-state index in [9.17, 15) is 14.7 Å². The van der Waals surface area contributed by atoms with Crippen LogP contribution in [0.25, 0.3) is 5.57 Å². The minimum absolute atomic E-state index is 0.0800. The highest BCUT2D eigenvalue weighted by Crippen LogP contribution is 2.33. The highest BCUT2D eigenvalue weighted by atomic mass is 35.5. The Hall–Kier alpha value is -1.60. The molecule has 1 saturated heterocycles. The second-order valence-corrected chi connectivity index (χ2v) is 6.41. The van der Waals surface area contributed by atoms with Crippen LogP contribution in [0, 0.1) is 0 Å². The number of aliphatic hydroxyl groups excluding tert-OH is 1. The van der Waals surface area contributed by atoms with Crippen LogP contribution in [0.1, 0.15) is 5.56 Å². The maximum Gasteiger partial charge on any atom is 0.296 e. The van der Waals surface area contributed by atoms with Gasteiger partial charge in [0, 0.05) is 36.8 Å². The summed E-state index contributed by atoms with van der Waals surface area (Å²) in [6, 6.07) is 4.54. The molecule has 24 heavy (non-hydrogen) atoms. The molecule has 0 saturated carbocycles. The Bertz CT molecular complexity index is 714. The minimum atomic E-state index is -0.700. The number of aliphatic hydroxyl groups is 1. The second-order valence-electron chi connectivity index (χ2n) is 5.56. The number of carbonyl (C=O) groups excluding carboxylic acids is 2. The summed E-state index contributed by atoms with van der Waals surface area (Å²) in [6.07, 6.45) is 0. The molecule has 1 N–H and O–H groups in total. The van der Waals surface area contributed by atoms with Gasteiger partial charge in [-0.05, 0) is 12.1 Å². The average Bonchev–Trinajstić information content (AvgIpc) is 2.77. The first kappa shape index (κ1) is 17.2. The number of halogens is 2. The highest BCUT2D eigenvalue weighted by molar-refractivity contribution is 6.40. The molecule has 0 bridgehead atoms. The van der Waals surface area contributed by atoms with Crippen LogP contribution in [0.15, 0.2) is 24.0 Å². The lowest BCUT2D eigenvalue weighted by Gasteiger charge is -2.28. The predicted octanol–water partition coefficient (Wildman–Crippen LogP) is 1.96. The van der Waals surface area contributed by atoms with Crippen molar-refractivity contribution in [3.05, 3.63) is 39.6 Å². The van der Waals surface area contributed by atoms with Gasteiger partial charge in [0.05, 0.1) is 23.8 Å². The SMILES string of the molecule is O=C1C(O)=C(c2ccc(Cl)cc2Cl)C(=O)N1CCN1CCOCC1. The van der Waals surface area contributed by atoms with Gasteiger partial charge >= 0.3 is 0 Å². The van der Waals surface area contributed by atoms with E-state index >= 15 is 0 Å². The molecular weight excluding hydrogens is 355 g/mol. The highest BCUT2D eigenvalue weighted by Gasteiger charge is 2.39. The first-order valence-corrected chi connectivity index (χ1v) is 8.29. The van der Waals surface area contributed by atoms with Crippen molar-refractivity contribution in [3.8, 4) is 0 Å². The fourth-order valence-electron chi connectivity index (χ4n) is 2.77. The van der Waals surface area contributed by atoms with Gasteiger partial charge in [-0.15, -0.1) is 0 Å². The van der Waals surface area contributed by atoms with Crippen LogP contribution in [0.5, 0.6) is 0 Å². The smallest absolute Gasteiger partial charge is 0.296 e. The second kappa shape index (κ2) is 7.11. The lowest BCUT2D eigenvalue weighted by atomic mass is 10.1. The summed E-state index contributed by atoms with van der Waals surface area (Å²) in [5.41, 5.74) is 0.217. The quantitative estimate of drug-likeness (QED) is 0.820. The van der Waals surface area contributed by atoms with E-state index in [0.29, 0.717) is 30.3 Å². The van der Waals surface area contributed by atoms with Gasteiger partial charge in [-0.3, -0.25) is 19.4 Å². The molecule has 0 unspecified atom stereocenters. The molecule has 0 aliphatic carbocycles. The van der Waals surface area contributed by atoms with Crippen LogP contribution in [-0.4, -0.2) is 66.1 Å². The van der Waals surface area contributed by atoms with Crippen molar-refractivity contribution in [3.63, 3.8) is 0 Å². The van der Waals surface area contributed by atoms with Crippen molar-refractivity contribution in [2.24, 2.45) is 0 Å². The average molecular weight is 371 g/mol. The van der Waals surface area contributed by atoms with E-state index in [1.165, 1.54) is 12.1 Å². The van der Waals surface area contributed by atoms with E-state index in [1.807, 2.05) is 0 Å². The summed E-state index contributed by atoms with van der Waals surface area (Å²) in [7, 11) is 0. The number of ether oxygens (including phenoxy) is 1. The molecule has 2 amide bonds. The minimum Gasteiger partial charge on any atom is -0.502 e. The largest absolute Gasteiger partial charge is 0.502 e. The van der Waals surface area contributed by atoms with E-state index in [4.69, 9.17) is 27.9 Å². The first-order chi connectivity index (χ1) is 11.5. The molecule has 0 aromatic heterocycles. The van der Waals surface area contributed by atoms with Crippen LogP contribution in [0.2, 0.25) is 10.0 Å². The maximum atomic E-state index is 12.6. The monoisotopic (exact) mass is 370 g/mol. The third-order valence-electron chi connectivity index (χ3n) is 4.09. The van der Waals surface area contributed by atoms with Crippen molar-refractivity contribution >= 4 is 40.6 Å². The molecular formula is C16H16Cl2N2O4. The number of imide groups is 1. The van der Waals surface area contributed by atoms with Crippen molar-refractivity contribution in [1.29, 1.82) is 0 Å². The van der Waals surface area contributed by atoms with Crippen molar-refractivity contribution in [1.82, 2.24) is 9.80 Å². The van der Waals surface area contributed by atoms with E-state index in [0.717, 1.165) is 18.0 Å². The molecule has 1 aromatic rings. The van der Waals surface area contributed by atoms with Crippen molar-refractivity contribution in [2.75, 3.05) is 39.4 Å². The van der Waals surface area contributed by atoms with E-state index in [1.54, 1.807) is 6.07 Å². The van der Waals surface area contributed by atoms with Crippen LogP contribution >= 0.6 is 23.2 Å². The number of rotatable bonds is 4. The zero-order valence-electron chi connectivity index (χ0n) is 12.8. The lowest BCUT2D eigenvalue weighted by molar-refractivity contribution is -0.138. The summed E-state index contributed by atoms with van der Waals surface area (Å²) < 4.78 is 5.27. The van der Waals surface area contributed by atoms with E-state index < -0.39 is 17.6 Å². The molecule has 0 spiro atoms. The molecule has 1 fully saturated rings. The molecule has 1 aromatic carbocycles. The third kappa shape index (κ3) is 3.28. The number of nitrogens with zero attached hydrogens (tertiary/aromatic N) is 2. The number of amides is 2. The summed E-state index contributed by atoms with van der Waals surface area (Å²) in [5.74, 6) is -1.82. The molecule has 3 rings (SSSR count). The maximum absolute atomic E-state index is 12.6. The summed E-state index contributed by atoms with van der Waals surface area (Å²) >= 11 is 11.9. The number of morpholine rings is 1. The predicted molar refractivity (Wildman–Crippen MR) is 90.0 cm³/mol. The van der Waals surface area contributed by atoms with Gasteiger partial charge in [-0.1, -0.05) is 29.3 Å². The summed E-state index contributed by atoms with van der Waals surface area (Å²) in [6.45, 7) is 3.53. The normalized spacial score (nSPS) is 19.5. The van der Waals surface area contributed by atoms with Gasteiger partial charge in [-0.25, -0.2) is 0 Å². The Morgan fingerprint density at radius 3 is 2.46 bits per heavy atom. The van der Waals surface area contributed by atoms with Crippen molar-refractivity contribution < 1.29 is 19.4 Å². The van der Waals surface area contributed by atoms with Gasteiger partial charge in [0.1, 0.15) is 0 Å². The Labute approximate surface area is 149 Å². The van der Waals surface area contributed by atoms with Crippen LogP contribution in [0.3, 0.4) is 0 Å². The topological polar surface area (TPSA) is 70.1 Å². The Morgan fingerprint density at radius 2 is 1.79 bits per heavy atom. The zero-order valence-corrected chi connectivity index (χ0v) is 14.3. The number of benzene rings is 1. The zero-order chi connectivity index (χ0) is 17.3. The van der Waals surface area contributed by atoms with Crippen LogP contribution in [-0.2, 0) is 14.3 Å². The standard InChI is InChI=1S/C16H16Cl2N2O4/c17-10-1-2-11(12(18)9-10)13-14(21)16(23)20(15(13)22)4-3-19-5-7-24-8-6-19/h1-2,9,21H,3-8H2. The van der Waals surface area contributed by atoms with Gasteiger partial charge in [0.15, 0.2) is 5.76 Å². The fourth-order valence-corrected chi connectivity index (χ4v) is 3.27. The molecule has 8 heteroatoms. The van der Waals surface area contributed by atoms with E-state index in [2.05, 4.69) is 4.90 Å². The number of hydrogen-bond acceptors (Lipinski definition) is 5.